The van der Waals surface area contributed by atoms with Crippen molar-refractivity contribution in [3.8, 4) is 0 Å². The highest BCUT2D eigenvalue weighted by Crippen LogP contribution is 2.20. The highest BCUT2D eigenvalue weighted by Gasteiger charge is 2.20. The molecule has 20 heavy (non-hydrogen) atoms. The zero-order valence-electron chi connectivity index (χ0n) is 12.2. The lowest BCUT2D eigenvalue weighted by molar-refractivity contribution is -0.132. The smallest absolute Gasteiger partial charge is 0.331 e. The van der Waals surface area contributed by atoms with Crippen LogP contribution in [0.1, 0.15) is 39.0 Å². The van der Waals surface area contributed by atoms with Gasteiger partial charge < -0.3 is 9.84 Å². The molecule has 0 aromatic carbocycles. The maximum absolute atomic E-state index is 11.4. The molecule has 0 bridgehead atoms. The number of ether oxygens (including phenoxy) is 1. The number of carboxylic acids is 1. The first-order valence-electron chi connectivity index (χ1n) is 7.51. The lowest BCUT2D eigenvalue weighted by Crippen LogP contribution is -2.21. The number of aliphatic carboxylic acids is 1. The molecule has 2 fully saturated rings. The van der Waals surface area contributed by atoms with Gasteiger partial charge in [0.1, 0.15) is 0 Å². The molecule has 1 N–H and O–H groups in total. The second kappa shape index (κ2) is 7.55. The Labute approximate surface area is 120 Å². The molecule has 2 heterocycles. The lowest BCUT2D eigenvalue weighted by atomic mass is 9.97. The average molecular weight is 280 g/mol. The van der Waals surface area contributed by atoms with Gasteiger partial charge in [0.25, 0.3) is 0 Å². The van der Waals surface area contributed by atoms with E-state index in [0.29, 0.717) is 38.3 Å². The highest BCUT2D eigenvalue weighted by molar-refractivity contribution is 6.06. The summed E-state index contributed by atoms with van der Waals surface area (Å²) in [6, 6.07) is 0. The van der Waals surface area contributed by atoms with Crippen molar-refractivity contribution in [1.29, 1.82) is 0 Å². The van der Waals surface area contributed by atoms with E-state index in [4.69, 9.17) is 9.73 Å². The van der Waals surface area contributed by atoms with Gasteiger partial charge in [0.15, 0.2) is 0 Å². The molecular formula is C15H24N2O3. The summed E-state index contributed by atoms with van der Waals surface area (Å²) in [6.45, 7) is 6.02. The van der Waals surface area contributed by atoms with Crippen LogP contribution >= 0.6 is 0 Å². The zero-order chi connectivity index (χ0) is 14.4. The molecule has 2 aliphatic rings. The Balaban J connectivity index is 2.19. The quantitative estimate of drug-likeness (QED) is 0.801. The SMILES string of the molecule is CC/C(C(=O)O)=C1/CCOCC/C1=N/CN1CCCC1. The molecule has 0 amide bonds. The number of likely N-dealkylation sites (tertiary alicyclic amines) is 1. The van der Waals surface area contributed by atoms with Crippen LogP contribution in [0.5, 0.6) is 0 Å². The highest BCUT2D eigenvalue weighted by atomic mass is 16.5. The summed E-state index contributed by atoms with van der Waals surface area (Å²) in [6.07, 6.45) is 4.40. The van der Waals surface area contributed by atoms with Crippen molar-refractivity contribution in [1.82, 2.24) is 4.90 Å². The van der Waals surface area contributed by atoms with Crippen molar-refractivity contribution in [3.05, 3.63) is 11.1 Å². The number of carbonyl (C=O) groups is 1. The van der Waals surface area contributed by atoms with E-state index in [0.717, 1.165) is 30.8 Å². The number of hydrogen-bond acceptors (Lipinski definition) is 4. The third-order valence-corrected chi connectivity index (χ3v) is 3.96. The molecule has 2 aliphatic heterocycles. The maximum atomic E-state index is 11.4. The number of aliphatic imine (C=N–C) groups is 1. The van der Waals surface area contributed by atoms with Crippen molar-refractivity contribution < 1.29 is 14.6 Å². The van der Waals surface area contributed by atoms with Crippen molar-refractivity contribution >= 4 is 11.7 Å². The minimum Gasteiger partial charge on any atom is -0.478 e. The second-order valence-corrected chi connectivity index (χ2v) is 5.30. The van der Waals surface area contributed by atoms with Gasteiger partial charge in [0.05, 0.1) is 19.9 Å². The van der Waals surface area contributed by atoms with Crippen LogP contribution in [0.4, 0.5) is 0 Å². The van der Waals surface area contributed by atoms with Gasteiger partial charge in [-0.3, -0.25) is 9.89 Å². The Bertz CT molecular complexity index is 409. The molecule has 0 unspecified atom stereocenters. The Morgan fingerprint density at radius 1 is 1.30 bits per heavy atom. The van der Waals surface area contributed by atoms with Gasteiger partial charge in [0.2, 0.25) is 0 Å². The minimum absolute atomic E-state index is 0.496. The van der Waals surface area contributed by atoms with Crippen molar-refractivity contribution in [3.63, 3.8) is 0 Å². The molecule has 0 radical (unpaired) electrons. The van der Waals surface area contributed by atoms with Crippen molar-refractivity contribution in [2.24, 2.45) is 4.99 Å². The first-order valence-corrected chi connectivity index (χ1v) is 7.51. The Morgan fingerprint density at radius 3 is 2.65 bits per heavy atom. The van der Waals surface area contributed by atoms with Gasteiger partial charge in [-0.1, -0.05) is 6.92 Å². The first kappa shape index (κ1) is 15.2. The molecule has 0 aromatic rings. The normalized spacial score (nSPS) is 25.8. The third kappa shape index (κ3) is 3.90. The number of carboxylic acid groups (broad SMARTS) is 1. The van der Waals surface area contributed by atoms with Crippen LogP contribution in [0.2, 0.25) is 0 Å². The van der Waals surface area contributed by atoms with Gasteiger partial charge in [-0.25, -0.2) is 4.79 Å². The van der Waals surface area contributed by atoms with Crippen LogP contribution in [0.15, 0.2) is 16.1 Å². The Hall–Kier alpha value is -1.20. The zero-order valence-corrected chi connectivity index (χ0v) is 12.2. The largest absolute Gasteiger partial charge is 0.478 e. The van der Waals surface area contributed by atoms with Crippen LogP contribution in [-0.2, 0) is 9.53 Å². The molecule has 0 spiro atoms. The van der Waals surface area contributed by atoms with E-state index in [1.165, 1.54) is 12.8 Å². The van der Waals surface area contributed by atoms with Crippen LogP contribution in [0, 0.1) is 0 Å². The molecule has 2 rings (SSSR count). The minimum atomic E-state index is -0.821. The average Bonchev–Trinajstić information content (AvgIpc) is 2.84. The van der Waals surface area contributed by atoms with E-state index in [1.54, 1.807) is 0 Å². The Kier molecular flexibility index (Phi) is 5.73. The van der Waals surface area contributed by atoms with E-state index >= 15 is 0 Å². The van der Waals surface area contributed by atoms with E-state index in [2.05, 4.69) is 4.90 Å². The summed E-state index contributed by atoms with van der Waals surface area (Å²) in [4.78, 5) is 18.4. The molecular weight excluding hydrogens is 256 g/mol. The first-order chi connectivity index (χ1) is 9.72. The lowest BCUT2D eigenvalue weighted by Gasteiger charge is -2.15. The van der Waals surface area contributed by atoms with Gasteiger partial charge in [0, 0.05) is 17.7 Å². The summed E-state index contributed by atoms with van der Waals surface area (Å²) in [5, 5.41) is 9.35. The summed E-state index contributed by atoms with van der Waals surface area (Å²) < 4.78 is 5.48. The van der Waals surface area contributed by atoms with Crippen LogP contribution in [-0.4, -0.2) is 54.7 Å². The monoisotopic (exact) mass is 280 g/mol. The summed E-state index contributed by atoms with van der Waals surface area (Å²) in [7, 11) is 0. The molecule has 0 aliphatic carbocycles. The van der Waals surface area contributed by atoms with Crippen molar-refractivity contribution in [2.45, 2.75) is 39.0 Å². The van der Waals surface area contributed by atoms with E-state index in [1.807, 2.05) is 6.92 Å². The van der Waals surface area contributed by atoms with Gasteiger partial charge in [-0.05, 0) is 44.3 Å². The number of rotatable bonds is 4. The molecule has 5 heteroatoms. The fourth-order valence-corrected chi connectivity index (χ4v) is 2.84. The summed E-state index contributed by atoms with van der Waals surface area (Å²) >= 11 is 0. The standard InChI is InChI=1S/C15H24N2O3/c1-2-12(15(18)19)13-5-9-20-10-6-14(13)16-11-17-7-3-4-8-17/h2-11H2,1H3,(H,18,19)/b13-12+,16-14-. The van der Waals surface area contributed by atoms with Gasteiger partial charge >= 0.3 is 5.97 Å². The second-order valence-electron chi connectivity index (χ2n) is 5.30. The topological polar surface area (TPSA) is 62.1 Å². The van der Waals surface area contributed by atoms with E-state index in [9.17, 15) is 9.90 Å². The number of nitrogens with zero attached hydrogens (tertiary/aromatic N) is 2. The predicted octanol–water partition coefficient (Wildman–Crippen LogP) is 2.08. The molecule has 112 valence electrons. The molecule has 0 aromatic heterocycles. The fourth-order valence-electron chi connectivity index (χ4n) is 2.84. The van der Waals surface area contributed by atoms with E-state index in [-0.39, 0.29) is 0 Å². The molecule has 5 nitrogen and oxygen atoms in total. The summed E-state index contributed by atoms with van der Waals surface area (Å²) in [5.74, 6) is -0.821. The molecule has 2 saturated heterocycles. The van der Waals surface area contributed by atoms with Crippen LogP contribution in [0.25, 0.3) is 0 Å². The molecule has 0 saturated carbocycles. The van der Waals surface area contributed by atoms with Crippen molar-refractivity contribution in [2.75, 3.05) is 33.0 Å². The third-order valence-electron chi connectivity index (χ3n) is 3.96. The molecule has 0 atom stereocenters. The van der Waals surface area contributed by atoms with E-state index < -0.39 is 5.97 Å². The van der Waals surface area contributed by atoms with Crippen LogP contribution < -0.4 is 0 Å². The van der Waals surface area contributed by atoms with Gasteiger partial charge in [-0.15, -0.1) is 0 Å². The predicted molar refractivity (Wildman–Crippen MR) is 78.1 cm³/mol. The number of hydrogen-bond donors (Lipinski definition) is 1. The Morgan fingerprint density at radius 2 is 2.00 bits per heavy atom. The maximum Gasteiger partial charge on any atom is 0.331 e. The fraction of sp³-hybridized carbons (Fsp3) is 0.733. The van der Waals surface area contributed by atoms with Crippen LogP contribution in [0.3, 0.4) is 0 Å². The summed E-state index contributed by atoms with van der Waals surface area (Å²) in [5.41, 5.74) is 2.33. The van der Waals surface area contributed by atoms with Gasteiger partial charge in [-0.2, -0.15) is 0 Å².